The van der Waals surface area contributed by atoms with E-state index in [0.717, 1.165) is 11.3 Å². The van der Waals surface area contributed by atoms with Crippen molar-refractivity contribution in [2.24, 2.45) is 0 Å². The highest BCUT2D eigenvalue weighted by molar-refractivity contribution is 5.53. The molecule has 0 radical (unpaired) electrons. The Balaban J connectivity index is 2.78. The minimum absolute atomic E-state index is 0.256. The van der Waals surface area contributed by atoms with Gasteiger partial charge in [0, 0.05) is 39.5 Å². The second-order valence-electron chi connectivity index (χ2n) is 5.61. The Morgan fingerprint density at radius 3 is 2.70 bits per heavy atom. The van der Waals surface area contributed by atoms with Crippen molar-refractivity contribution < 1.29 is 14.2 Å². The van der Waals surface area contributed by atoms with E-state index >= 15 is 0 Å². The molecular formula is C15H25FN2O2. The van der Waals surface area contributed by atoms with Crippen LogP contribution in [0.5, 0.6) is 0 Å². The van der Waals surface area contributed by atoms with Crippen LogP contribution < -0.4 is 10.2 Å². The molecule has 0 heterocycles. The number of benzene rings is 1. The van der Waals surface area contributed by atoms with Crippen LogP contribution in [0, 0.1) is 5.82 Å². The van der Waals surface area contributed by atoms with Crippen LogP contribution in [0.25, 0.3) is 0 Å². The molecule has 1 aromatic rings. The minimum Gasteiger partial charge on any atom is -0.389 e. The van der Waals surface area contributed by atoms with Crippen LogP contribution in [0.3, 0.4) is 0 Å². The summed E-state index contributed by atoms with van der Waals surface area (Å²) in [6, 6.07) is 4.71. The predicted octanol–water partition coefficient (Wildman–Crippen LogP) is 1.77. The van der Waals surface area contributed by atoms with Crippen molar-refractivity contribution in [1.82, 2.24) is 5.32 Å². The van der Waals surface area contributed by atoms with E-state index in [-0.39, 0.29) is 5.82 Å². The third-order valence-electron chi connectivity index (χ3n) is 2.88. The van der Waals surface area contributed by atoms with Crippen LogP contribution in [-0.4, -0.2) is 44.6 Å². The van der Waals surface area contributed by atoms with E-state index in [1.165, 1.54) is 12.1 Å². The van der Waals surface area contributed by atoms with Crippen molar-refractivity contribution in [1.29, 1.82) is 0 Å². The van der Waals surface area contributed by atoms with Gasteiger partial charge in [0.05, 0.1) is 12.2 Å². The lowest BCUT2D eigenvalue weighted by Gasteiger charge is -2.29. The van der Waals surface area contributed by atoms with Gasteiger partial charge in [-0.3, -0.25) is 0 Å². The fourth-order valence-electron chi connectivity index (χ4n) is 2.13. The topological polar surface area (TPSA) is 44.7 Å². The number of aliphatic hydroxyl groups is 1. The summed E-state index contributed by atoms with van der Waals surface area (Å²) in [6.07, 6.45) is 0. The van der Waals surface area contributed by atoms with Gasteiger partial charge < -0.3 is 20.1 Å². The van der Waals surface area contributed by atoms with Gasteiger partial charge in [0.25, 0.3) is 0 Å². The minimum atomic E-state index is -0.802. The van der Waals surface area contributed by atoms with E-state index in [4.69, 9.17) is 4.74 Å². The maximum absolute atomic E-state index is 13.4. The lowest BCUT2D eigenvalue weighted by molar-refractivity contribution is 0.0886. The molecular weight excluding hydrogens is 259 g/mol. The molecule has 0 aromatic heterocycles. The average Bonchev–Trinajstić information content (AvgIpc) is 2.32. The Bertz CT molecular complexity index is 419. The SMILES string of the molecule is COCCNCc1cc(F)ccc1N(C)CC(C)(C)O. The summed E-state index contributed by atoms with van der Waals surface area (Å²) in [5, 5.41) is 13.1. The fraction of sp³-hybridized carbons (Fsp3) is 0.600. The second-order valence-corrected chi connectivity index (χ2v) is 5.61. The first-order valence-electron chi connectivity index (χ1n) is 6.75. The zero-order chi connectivity index (χ0) is 15.2. The molecule has 4 nitrogen and oxygen atoms in total. The summed E-state index contributed by atoms with van der Waals surface area (Å²) in [6.45, 7) is 5.87. The van der Waals surface area contributed by atoms with Gasteiger partial charge in [-0.25, -0.2) is 4.39 Å². The van der Waals surface area contributed by atoms with E-state index in [1.807, 2.05) is 11.9 Å². The quantitative estimate of drug-likeness (QED) is 0.714. The first-order valence-corrected chi connectivity index (χ1v) is 6.75. The van der Waals surface area contributed by atoms with Crippen molar-refractivity contribution >= 4 is 5.69 Å². The molecule has 1 rings (SSSR count). The maximum atomic E-state index is 13.4. The lowest BCUT2D eigenvalue weighted by Crippen LogP contribution is -2.37. The van der Waals surface area contributed by atoms with Crippen LogP contribution in [0.4, 0.5) is 10.1 Å². The number of rotatable bonds is 8. The van der Waals surface area contributed by atoms with Crippen LogP contribution in [0.2, 0.25) is 0 Å². The zero-order valence-electron chi connectivity index (χ0n) is 12.7. The van der Waals surface area contributed by atoms with Crippen molar-refractivity contribution in [2.75, 3.05) is 38.8 Å². The van der Waals surface area contributed by atoms with Gasteiger partial charge in [-0.1, -0.05) is 0 Å². The average molecular weight is 284 g/mol. The van der Waals surface area contributed by atoms with E-state index in [2.05, 4.69) is 5.32 Å². The molecule has 0 aliphatic carbocycles. The molecule has 2 N–H and O–H groups in total. The van der Waals surface area contributed by atoms with Gasteiger partial charge >= 0.3 is 0 Å². The molecule has 0 atom stereocenters. The third kappa shape index (κ3) is 5.86. The highest BCUT2D eigenvalue weighted by atomic mass is 19.1. The number of anilines is 1. The van der Waals surface area contributed by atoms with E-state index in [1.54, 1.807) is 27.0 Å². The number of nitrogens with one attached hydrogen (secondary N) is 1. The summed E-state index contributed by atoms with van der Waals surface area (Å²) >= 11 is 0. The summed E-state index contributed by atoms with van der Waals surface area (Å²) in [5.41, 5.74) is 0.982. The largest absolute Gasteiger partial charge is 0.389 e. The van der Waals surface area contributed by atoms with Gasteiger partial charge in [0.2, 0.25) is 0 Å². The predicted molar refractivity (Wildman–Crippen MR) is 79.6 cm³/mol. The van der Waals surface area contributed by atoms with Crippen molar-refractivity contribution in [3.8, 4) is 0 Å². The molecule has 0 saturated heterocycles. The van der Waals surface area contributed by atoms with E-state index < -0.39 is 5.60 Å². The highest BCUT2D eigenvalue weighted by Crippen LogP contribution is 2.22. The van der Waals surface area contributed by atoms with Gasteiger partial charge in [-0.2, -0.15) is 0 Å². The Morgan fingerprint density at radius 1 is 1.40 bits per heavy atom. The zero-order valence-corrected chi connectivity index (χ0v) is 12.7. The molecule has 0 bridgehead atoms. The molecule has 114 valence electrons. The summed E-state index contributed by atoms with van der Waals surface area (Å²) in [7, 11) is 3.54. The van der Waals surface area contributed by atoms with Gasteiger partial charge in [-0.15, -0.1) is 0 Å². The first kappa shape index (κ1) is 16.9. The molecule has 5 heteroatoms. The summed E-state index contributed by atoms with van der Waals surface area (Å²) < 4.78 is 18.4. The molecule has 0 unspecified atom stereocenters. The maximum Gasteiger partial charge on any atom is 0.123 e. The lowest BCUT2D eigenvalue weighted by atomic mass is 10.1. The first-order chi connectivity index (χ1) is 9.33. The van der Waals surface area contributed by atoms with Crippen LogP contribution in [0.1, 0.15) is 19.4 Å². The van der Waals surface area contributed by atoms with Gasteiger partial charge in [-0.05, 0) is 37.6 Å². The van der Waals surface area contributed by atoms with E-state index in [0.29, 0.717) is 26.2 Å². The number of hydrogen-bond acceptors (Lipinski definition) is 4. The normalized spacial score (nSPS) is 11.7. The Morgan fingerprint density at radius 2 is 2.10 bits per heavy atom. The molecule has 20 heavy (non-hydrogen) atoms. The van der Waals surface area contributed by atoms with Crippen molar-refractivity contribution in [3.63, 3.8) is 0 Å². The molecule has 0 fully saturated rings. The standard InChI is InChI=1S/C15H25FN2O2/c1-15(2,19)11-18(3)14-6-5-13(16)9-12(14)10-17-7-8-20-4/h5-6,9,17,19H,7-8,10-11H2,1-4H3. The summed E-state index contributed by atoms with van der Waals surface area (Å²) in [5.74, 6) is -0.256. The molecule has 0 spiro atoms. The van der Waals surface area contributed by atoms with Crippen molar-refractivity contribution in [2.45, 2.75) is 26.0 Å². The molecule has 0 amide bonds. The smallest absolute Gasteiger partial charge is 0.123 e. The number of nitrogens with zero attached hydrogens (tertiary/aromatic N) is 1. The van der Waals surface area contributed by atoms with Gasteiger partial charge in [0.1, 0.15) is 5.82 Å². The number of hydrogen-bond donors (Lipinski definition) is 2. The Kier molecular flexibility index (Phi) is 6.39. The second kappa shape index (κ2) is 7.57. The Hall–Kier alpha value is -1.17. The van der Waals surface area contributed by atoms with Gasteiger partial charge in [0.15, 0.2) is 0 Å². The number of halogens is 1. The third-order valence-corrected chi connectivity index (χ3v) is 2.88. The fourth-order valence-corrected chi connectivity index (χ4v) is 2.13. The van der Waals surface area contributed by atoms with E-state index in [9.17, 15) is 9.50 Å². The number of methoxy groups -OCH3 is 1. The van der Waals surface area contributed by atoms with Crippen LogP contribution in [-0.2, 0) is 11.3 Å². The molecule has 0 aliphatic rings. The van der Waals surface area contributed by atoms with Crippen molar-refractivity contribution in [3.05, 3.63) is 29.6 Å². The Labute approximate surface area is 120 Å². The molecule has 0 saturated carbocycles. The molecule has 0 aliphatic heterocycles. The monoisotopic (exact) mass is 284 g/mol. The number of likely N-dealkylation sites (N-methyl/N-ethyl adjacent to an activating group) is 1. The van der Waals surface area contributed by atoms with Crippen LogP contribution >= 0.6 is 0 Å². The molecule has 1 aromatic carbocycles. The van der Waals surface area contributed by atoms with Crippen LogP contribution in [0.15, 0.2) is 18.2 Å². The summed E-state index contributed by atoms with van der Waals surface area (Å²) in [4.78, 5) is 1.94. The highest BCUT2D eigenvalue weighted by Gasteiger charge is 2.18. The number of ether oxygens (including phenoxy) is 1.